The van der Waals surface area contributed by atoms with E-state index in [9.17, 15) is 9.59 Å². The highest BCUT2D eigenvalue weighted by atomic mass is 16.6. The highest BCUT2D eigenvalue weighted by molar-refractivity contribution is 5.95. The number of hydrogen-bond acceptors (Lipinski definition) is 7. The molecule has 0 spiro atoms. The normalized spacial score (nSPS) is 11.9. The van der Waals surface area contributed by atoms with E-state index in [0.717, 1.165) is 4.68 Å². The second kappa shape index (κ2) is 8.41. The van der Waals surface area contributed by atoms with Gasteiger partial charge in [-0.3, -0.25) is 0 Å². The number of hydrogen-bond donors (Lipinski definition) is 0. The van der Waals surface area contributed by atoms with E-state index in [4.69, 9.17) is 9.47 Å². The van der Waals surface area contributed by atoms with Crippen molar-refractivity contribution in [2.45, 2.75) is 79.9 Å². The Morgan fingerprint density at radius 1 is 1.07 bits per heavy atom. The molecule has 0 saturated carbocycles. The van der Waals surface area contributed by atoms with Gasteiger partial charge in [-0.1, -0.05) is 6.92 Å². The first-order chi connectivity index (χ1) is 13.7. The minimum absolute atomic E-state index is 0.205. The van der Waals surface area contributed by atoms with Gasteiger partial charge in [0.1, 0.15) is 17.0 Å². The topological polar surface area (TPSA) is 99.4 Å². The summed E-state index contributed by atoms with van der Waals surface area (Å²) in [6.45, 7) is 16.1. The van der Waals surface area contributed by atoms with Crippen molar-refractivity contribution >= 4 is 23.8 Å². The summed E-state index contributed by atoms with van der Waals surface area (Å²) in [5.41, 5.74) is -0.232. The summed E-state index contributed by atoms with van der Waals surface area (Å²) >= 11 is 0. The first-order valence-corrected chi connectivity index (χ1v) is 9.87. The lowest BCUT2D eigenvalue weighted by Gasteiger charge is -2.26. The standard InChI is InChI=1S/C21H31N5O4/c1-10-15-22-12-13(2)17(23-15)25(18(27)29-20(4,5)6)16-11-14(3)26(24-16)19(28)30-21(7,8)9/h11-12H,10H2,1-9H3. The van der Waals surface area contributed by atoms with Crippen LogP contribution in [0, 0.1) is 13.8 Å². The lowest BCUT2D eigenvalue weighted by molar-refractivity contribution is 0.0506. The van der Waals surface area contributed by atoms with Crippen LogP contribution in [0.3, 0.4) is 0 Å². The Hall–Kier alpha value is -2.97. The molecule has 2 heterocycles. The van der Waals surface area contributed by atoms with E-state index in [2.05, 4.69) is 15.1 Å². The quantitative estimate of drug-likeness (QED) is 0.713. The first-order valence-electron chi connectivity index (χ1n) is 9.87. The van der Waals surface area contributed by atoms with Gasteiger partial charge in [-0.15, -0.1) is 5.10 Å². The van der Waals surface area contributed by atoms with Crippen LogP contribution in [0.2, 0.25) is 0 Å². The molecular formula is C21H31N5O4. The van der Waals surface area contributed by atoms with Gasteiger partial charge in [0.05, 0.1) is 5.69 Å². The Labute approximate surface area is 177 Å². The van der Waals surface area contributed by atoms with E-state index in [0.29, 0.717) is 29.3 Å². The Balaban J connectivity index is 2.57. The van der Waals surface area contributed by atoms with Gasteiger partial charge in [0, 0.05) is 24.2 Å². The van der Waals surface area contributed by atoms with Gasteiger partial charge in [0.15, 0.2) is 11.6 Å². The number of nitrogens with zero attached hydrogens (tertiary/aromatic N) is 5. The maximum atomic E-state index is 13.1. The molecule has 2 aromatic rings. The Bertz CT molecular complexity index is 938. The van der Waals surface area contributed by atoms with Gasteiger partial charge in [-0.05, 0) is 55.4 Å². The third-order valence-corrected chi connectivity index (χ3v) is 3.77. The summed E-state index contributed by atoms with van der Waals surface area (Å²) < 4.78 is 12.1. The molecule has 2 rings (SSSR count). The number of carbonyl (C=O) groups is 2. The van der Waals surface area contributed by atoms with Gasteiger partial charge in [0.2, 0.25) is 0 Å². The van der Waals surface area contributed by atoms with Crippen molar-refractivity contribution in [3.05, 3.63) is 29.3 Å². The predicted octanol–water partition coefficient (Wildman–Crippen LogP) is 4.71. The van der Waals surface area contributed by atoms with Crippen molar-refractivity contribution in [2.24, 2.45) is 0 Å². The van der Waals surface area contributed by atoms with Crippen LogP contribution >= 0.6 is 0 Å². The number of carbonyl (C=O) groups excluding carboxylic acids is 2. The van der Waals surface area contributed by atoms with Crippen LogP contribution in [0.5, 0.6) is 0 Å². The fraction of sp³-hybridized carbons (Fsp3) is 0.571. The molecule has 0 atom stereocenters. The van der Waals surface area contributed by atoms with E-state index in [1.54, 1.807) is 67.7 Å². The molecule has 1 amide bonds. The van der Waals surface area contributed by atoms with Crippen LogP contribution in [-0.2, 0) is 15.9 Å². The van der Waals surface area contributed by atoms with Gasteiger partial charge in [-0.2, -0.15) is 4.68 Å². The lowest BCUT2D eigenvalue weighted by Crippen LogP contribution is -2.35. The summed E-state index contributed by atoms with van der Waals surface area (Å²) in [5.74, 6) is 1.13. The van der Waals surface area contributed by atoms with Crippen LogP contribution in [0.4, 0.5) is 21.2 Å². The third-order valence-electron chi connectivity index (χ3n) is 3.77. The maximum Gasteiger partial charge on any atom is 0.435 e. The average Bonchev–Trinajstić information content (AvgIpc) is 2.95. The maximum absolute atomic E-state index is 13.1. The molecule has 0 aliphatic heterocycles. The third kappa shape index (κ3) is 5.77. The fourth-order valence-corrected chi connectivity index (χ4v) is 2.52. The molecule has 0 fully saturated rings. The van der Waals surface area contributed by atoms with Gasteiger partial charge < -0.3 is 9.47 Å². The van der Waals surface area contributed by atoms with Crippen LogP contribution < -0.4 is 4.90 Å². The largest absolute Gasteiger partial charge is 0.443 e. The molecule has 164 valence electrons. The Morgan fingerprint density at radius 3 is 2.20 bits per heavy atom. The van der Waals surface area contributed by atoms with Gasteiger partial charge in [0.25, 0.3) is 0 Å². The number of aryl methyl sites for hydroxylation is 3. The molecule has 0 unspecified atom stereocenters. The van der Waals surface area contributed by atoms with Crippen LogP contribution in [-0.4, -0.2) is 43.1 Å². The number of aromatic nitrogens is 4. The van der Waals surface area contributed by atoms with Crippen molar-refractivity contribution in [1.82, 2.24) is 19.7 Å². The molecule has 9 nitrogen and oxygen atoms in total. The Kier molecular flexibility index (Phi) is 6.54. The van der Waals surface area contributed by atoms with Gasteiger partial charge >= 0.3 is 12.2 Å². The second-order valence-electron chi connectivity index (χ2n) is 9.00. The van der Waals surface area contributed by atoms with Crippen molar-refractivity contribution in [2.75, 3.05) is 4.90 Å². The zero-order valence-corrected chi connectivity index (χ0v) is 19.2. The average molecular weight is 418 g/mol. The fourth-order valence-electron chi connectivity index (χ4n) is 2.52. The molecule has 0 aliphatic carbocycles. The zero-order valence-electron chi connectivity index (χ0n) is 19.2. The number of ether oxygens (including phenoxy) is 2. The van der Waals surface area contributed by atoms with Crippen molar-refractivity contribution in [3.63, 3.8) is 0 Å². The van der Waals surface area contributed by atoms with Crippen LogP contribution in [0.1, 0.15) is 65.5 Å². The van der Waals surface area contributed by atoms with Crippen molar-refractivity contribution in [1.29, 1.82) is 0 Å². The summed E-state index contributed by atoms with van der Waals surface area (Å²) in [5, 5.41) is 4.33. The second-order valence-corrected chi connectivity index (χ2v) is 9.00. The molecule has 0 bridgehead atoms. The number of anilines is 2. The SMILES string of the molecule is CCc1ncc(C)c(N(C(=O)OC(C)(C)C)c2cc(C)n(C(=O)OC(C)(C)C)n2)n1. The first kappa shape index (κ1) is 23.3. The predicted molar refractivity (Wildman–Crippen MR) is 113 cm³/mol. The number of amides is 1. The highest BCUT2D eigenvalue weighted by Gasteiger charge is 2.31. The molecule has 0 radical (unpaired) electrons. The Morgan fingerprint density at radius 2 is 1.67 bits per heavy atom. The van der Waals surface area contributed by atoms with Crippen molar-refractivity contribution in [3.8, 4) is 0 Å². The van der Waals surface area contributed by atoms with Crippen LogP contribution in [0.25, 0.3) is 0 Å². The minimum Gasteiger partial charge on any atom is -0.443 e. The molecule has 0 saturated heterocycles. The van der Waals surface area contributed by atoms with E-state index in [1.165, 1.54) is 4.90 Å². The molecule has 2 aromatic heterocycles. The highest BCUT2D eigenvalue weighted by Crippen LogP contribution is 2.29. The number of rotatable bonds is 3. The summed E-state index contributed by atoms with van der Waals surface area (Å²) in [6.07, 6.45) is 0.959. The summed E-state index contributed by atoms with van der Waals surface area (Å²) in [7, 11) is 0. The summed E-state index contributed by atoms with van der Waals surface area (Å²) in [4.78, 5) is 35.7. The summed E-state index contributed by atoms with van der Waals surface area (Å²) in [6, 6.07) is 1.61. The molecule has 30 heavy (non-hydrogen) atoms. The van der Waals surface area contributed by atoms with Crippen LogP contribution in [0.15, 0.2) is 12.3 Å². The smallest absolute Gasteiger partial charge is 0.435 e. The van der Waals surface area contributed by atoms with Crippen molar-refractivity contribution < 1.29 is 19.1 Å². The molecule has 9 heteroatoms. The molecule has 0 N–H and O–H groups in total. The molecule has 0 aromatic carbocycles. The monoisotopic (exact) mass is 417 g/mol. The molecular weight excluding hydrogens is 386 g/mol. The van der Waals surface area contributed by atoms with Gasteiger partial charge in [-0.25, -0.2) is 24.5 Å². The molecule has 0 aliphatic rings. The lowest BCUT2D eigenvalue weighted by atomic mass is 10.2. The van der Waals surface area contributed by atoms with E-state index in [1.807, 2.05) is 6.92 Å². The van der Waals surface area contributed by atoms with E-state index in [-0.39, 0.29) is 5.82 Å². The van der Waals surface area contributed by atoms with E-state index < -0.39 is 23.4 Å². The zero-order chi connectivity index (χ0) is 22.9. The van der Waals surface area contributed by atoms with E-state index >= 15 is 0 Å². The minimum atomic E-state index is -0.730.